The second-order valence-corrected chi connectivity index (χ2v) is 8.08. The van der Waals surface area contributed by atoms with Crippen molar-refractivity contribution in [1.29, 1.82) is 0 Å². The molecule has 2 aliphatic rings. The standard InChI is InChI=1S/C20H15BrN2OS/c21-14-8-9-18-15(11-14)17-12-16(13-5-2-1-3-6-13)22-23(17)20(24-18)19-7-4-10-25-19/h1-11,17,20H,12H2/t17-,20+/m0/s1. The number of hydrogen-bond donors (Lipinski definition) is 0. The van der Waals surface area contributed by atoms with Gasteiger partial charge in [0.15, 0.2) is 0 Å². The Morgan fingerprint density at radius 2 is 1.96 bits per heavy atom. The van der Waals surface area contributed by atoms with Crippen LogP contribution in [0.1, 0.15) is 34.7 Å². The summed E-state index contributed by atoms with van der Waals surface area (Å²) in [5.41, 5.74) is 3.49. The van der Waals surface area contributed by atoms with Gasteiger partial charge in [-0.1, -0.05) is 52.3 Å². The van der Waals surface area contributed by atoms with Crippen LogP contribution in [0.25, 0.3) is 0 Å². The van der Waals surface area contributed by atoms with Crippen molar-refractivity contribution in [2.24, 2.45) is 5.10 Å². The molecule has 3 nitrogen and oxygen atoms in total. The Kier molecular flexibility index (Phi) is 3.64. The first-order chi connectivity index (χ1) is 12.3. The second kappa shape index (κ2) is 6.00. The zero-order chi connectivity index (χ0) is 16.8. The minimum Gasteiger partial charge on any atom is -0.464 e. The number of thiophene rings is 1. The maximum absolute atomic E-state index is 6.34. The highest BCUT2D eigenvalue weighted by molar-refractivity contribution is 9.10. The molecule has 0 spiro atoms. The third kappa shape index (κ3) is 2.58. The largest absolute Gasteiger partial charge is 0.464 e. The zero-order valence-electron chi connectivity index (χ0n) is 13.3. The summed E-state index contributed by atoms with van der Waals surface area (Å²) in [6, 6.07) is 21.0. The molecule has 0 N–H and O–H groups in total. The van der Waals surface area contributed by atoms with E-state index in [9.17, 15) is 0 Å². The number of rotatable bonds is 2. The summed E-state index contributed by atoms with van der Waals surface area (Å²) >= 11 is 5.30. The summed E-state index contributed by atoms with van der Waals surface area (Å²) < 4.78 is 7.41. The van der Waals surface area contributed by atoms with E-state index >= 15 is 0 Å². The van der Waals surface area contributed by atoms with Gasteiger partial charge in [0.25, 0.3) is 0 Å². The highest BCUT2D eigenvalue weighted by Gasteiger charge is 2.41. The Morgan fingerprint density at radius 3 is 2.76 bits per heavy atom. The van der Waals surface area contributed by atoms with Gasteiger partial charge in [-0.25, -0.2) is 5.01 Å². The van der Waals surface area contributed by atoms with Crippen LogP contribution in [0.15, 0.2) is 75.6 Å². The van der Waals surface area contributed by atoms with Crippen LogP contribution in [0, 0.1) is 0 Å². The summed E-state index contributed by atoms with van der Waals surface area (Å²) in [5.74, 6) is 0.951. The second-order valence-electron chi connectivity index (χ2n) is 6.18. The van der Waals surface area contributed by atoms with E-state index in [1.165, 1.54) is 16.0 Å². The van der Waals surface area contributed by atoms with Gasteiger partial charge in [0, 0.05) is 16.5 Å². The van der Waals surface area contributed by atoms with Gasteiger partial charge >= 0.3 is 0 Å². The summed E-state index contributed by atoms with van der Waals surface area (Å²) in [4.78, 5) is 1.18. The lowest BCUT2D eigenvalue weighted by Gasteiger charge is -2.37. The molecule has 5 rings (SSSR count). The van der Waals surface area contributed by atoms with Crippen molar-refractivity contribution in [3.63, 3.8) is 0 Å². The van der Waals surface area contributed by atoms with Crippen LogP contribution >= 0.6 is 27.3 Å². The first-order valence-electron chi connectivity index (χ1n) is 8.20. The first-order valence-corrected chi connectivity index (χ1v) is 9.87. The molecule has 0 radical (unpaired) electrons. The molecule has 124 valence electrons. The quantitative estimate of drug-likeness (QED) is 0.536. The van der Waals surface area contributed by atoms with Gasteiger partial charge in [0.05, 0.1) is 16.6 Å². The SMILES string of the molecule is Brc1ccc2c(c1)[C@@H]1CC(c3ccccc3)=NN1[C@@H](c1cccs1)O2. The van der Waals surface area contributed by atoms with Crippen LogP contribution in [-0.4, -0.2) is 10.7 Å². The number of nitrogens with zero attached hydrogens (tertiary/aromatic N) is 2. The van der Waals surface area contributed by atoms with Gasteiger partial charge in [-0.3, -0.25) is 0 Å². The lowest BCUT2D eigenvalue weighted by Crippen LogP contribution is -2.33. The van der Waals surface area contributed by atoms with E-state index in [1.807, 2.05) is 12.1 Å². The van der Waals surface area contributed by atoms with Crippen molar-refractivity contribution >= 4 is 33.0 Å². The average Bonchev–Trinajstić information content (AvgIpc) is 3.32. The minimum absolute atomic E-state index is 0.167. The van der Waals surface area contributed by atoms with E-state index in [0.717, 1.165) is 22.4 Å². The van der Waals surface area contributed by atoms with Crippen molar-refractivity contribution in [1.82, 2.24) is 5.01 Å². The van der Waals surface area contributed by atoms with Gasteiger partial charge in [-0.05, 0) is 35.2 Å². The normalized spacial score (nSPS) is 21.3. The topological polar surface area (TPSA) is 24.8 Å². The van der Waals surface area contributed by atoms with Crippen molar-refractivity contribution in [3.8, 4) is 5.75 Å². The molecule has 2 atom stereocenters. The van der Waals surface area contributed by atoms with Gasteiger partial charge in [-0.15, -0.1) is 11.3 Å². The van der Waals surface area contributed by atoms with Crippen LogP contribution in [0.2, 0.25) is 0 Å². The number of benzene rings is 2. The van der Waals surface area contributed by atoms with Crippen LogP contribution in [0.3, 0.4) is 0 Å². The maximum atomic E-state index is 6.34. The molecule has 0 bridgehead atoms. The fourth-order valence-electron chi connectivity index (χ4n) is 3.48. The highest BCUT2D eigenvalue weighted by atomic mass is 79.9. The van der Waals surface area contributed by atoms with Crippen LogP contribution < -0.4 is 4.74 Å². The molecule has 0 amide bonds. The molecule has 0 saturated heterocycles. The molecule has 25 heavy (non-hydrogen) atoms. The molecule has 1 aromatic heterocycles. The van der Waals surface area contributed by atoms with E-state index in [1.54, 1.807) is 11.3 Å². The van der Waals surface area contributed by atoms with E-state index in [4.69, 9.17) is 9.84 Å². The smallest absolute Gasteiger partial charge is 0.222 e. The lowest BCUT2D eigenvalue weighted by atomic mass is 9.96. The van der Waals surface area contributed by atoms with Crippen LogP contribution in [0.4, 0.5) is 0 Å². The number of fused-ring (bicyclic) bond motifs is 3. The van der Waals surface area contributed by atoms with Crippen molar-refractivity contribution in [3.05, 3.63) is 86.5 Å². The highest BCUT2D eigenvalue weighted by Crippen LogP contribution is 2.48. The van der Waals surface area contributed by atoms with Crippen LogP contribution in [0.5, 0.6) is 5.75 Å². The third-order valence-corrected chi connectivity index (χ3v) is 6.04. The molecule has 3 aromatic rings. The summed E-state index contributed by atoms with van der Waals surface area (Å²) in [6.45, 7) is 0. The molecule has 0 aliphatic carbocycles. The fraction of sp³-hybridized carbons (Fsp3) is 0.150. The van der Waals surface area contributed by atoms with Crippen molar-refractivity contribution < 1.29 is 4.74 Å². The van der Waals surface area contributed by atoms with E-state index in [0.29, 0.717) is 0 Å². The van der Waals surface area contributed by atoms with Gasteiger partial charge in [0.2, 0.25) is 6.23 Å². The van der Waals surface area contributed by atoms with Gasteiger partial charge in [0.1, 0.15) is 5.75 Å². The number of halogens is 1. The number of ether oxygens (including phenoxy) is 1. The Hall–Kier alpha value is -2.11. The van der Waals surface area contributed by atoms with Gasteiger partial charge in [-0.2, -0.15) is 5.10 Å². The molecule has 2 aromatic carbocycles. The molecule has 2 aliphatic heterocycles. The van der Waals surface area contributed by atoms with Crippen LogP contribution in [-0.2, 0) is 0 Å². The van der Waals surface area contributed by atoms with Crippen molar-refractivity contribution in [2.45, 2.75) is 18.7 Å². The Morgan fingerprint density at radius 1 is 1.08 bits per heavy atom. The minimum atomic E-state index is -0.167. The molecule has 5 heteroatoms. The van der Waals surface area contributed by atoms with E-state index < -0.39 is 0 Å². The predicted octanol–water partition coefficient (Wildman–Crippen LogP) is 5.75. The summed E-state index contributed by atoms with van der Waals surface area (Å²) in [6.07, 6.45) is 0.721. The average molecular weight is 411 g/mol. The Bertz CT molecular complexity index is 940. The first kappa shape index (κ1) is 15.2. The molecular weight excluding hydrogens is 396 g/mol. The van der Waals surface area contributed by atoms with E-state index in [2.05, 4.69) is 74.8 Å². The molecule has 0 saturated carbocycles. The fourth-order valence-corrected chi connectivity index (χ4v) is 4.61. The van der Waals surface area contributed by atoms with E-state index in [-0.39, 0.29) is 12.3 Å². The maximum Gasteiger partial charge on any atom is 0.222 e. The lowest BCUT2D eigenvalue weighted by molar-refractivity contribution is -0.0166. The monoisotopic (exact) mass is 410 g/mol. The molecule has 0 fully saturated rings. The molecule has 0 unspecified atom stereocenters. The van der Waals surface area contributed by atoms with Gasteiger partial charge < -0.3 is 4.74 Å². The number of hydrazone groups is 1. The summed E-state index contributed by atoms with van der Waals surface area (Å²) in [5, 5.41) is 9.18. The molecular formula is C20H15BrN2OS. The molecule has 3 heterocycles. The Balaban J connectivity index is 1.61. The third-order valence-electron chi connectivity index (χ3n) is 4.65. The number of hydrogen-bond acceptors (Lipinski definition) is 4. The predicted molar refractivity (Wildman–Crippen MR) is 104 cm³/mol. The zero-order valence-corrected chi connectivity index (χ0v) is 15.7. The Labute approximate surface area is 158 Å². The van der Waals surface area contributed by atoms with Crippen molar-refractivity contribution in [2.75, 3.05) is 0 Å². The summed E-state index contributed by atoms with van der Waals surface area (Å²) in [7, 11) is 0.